The Kier molecular flexibility index (Phi) is 5.85. The number of carbonyl (C=O) groups is 1. The summed E-state index contributed by atoms with van der Waals surface area (Å²) in [6.07, 6.45) is 2.64. The van der Waals surface area contributed by atoms with E-state index in [2.05, 4.69) is 10.2 Å². The van der Waals surface area contributed by atoms with Crippen LogP contribution in [0.3, 0.4) is 0 Å². The van der Waals surface area contributed by atoms with Crippen molar-refractivity contribution in [2.24, 2.45) is 11.7 Å². The molecule has 0 atom stereocenters. The number of hydrogen-bond acceptors (Lipinski definition) is 3. The molecule has 1 aliphatic rings. The van der Waals surface area contributed by atoms with Gasteiger partial charge in [0.15, 0.2) is 0 Å². The van der Waals surface area contributed by atoms with E-state index in [0.29, 0.717) is 17.3 Å². The van der Waals surface area contributed by atoms with Crippen LogP contribution in [-0.4, -0.2) is 41.5 Å². The molecule has 0 unspecified atom stereocenters. The molecular formula is C12H23N3OS. The molecule has 0 spiro atoms. The summed E-state index contributed by atoms with van der Waals surface area (Å²) >= 11 is 5.00. The van der Waals surface area contributed by atoms with Gasteiger partial charge in [0.25, 0.3) is 0 Å². The van der Waals surface area contributed by atoms with Crippen LogP contribution in [0.2, 0.25) is 0 Å². The van der Waals surface area contributed by atoms with Crippen LogP contribution in [-0.2, 0) is 4.79 Å². The van der Waals surface area contributed by atoms with Gasteiger partial charge in [0.05, 0.1) is 4.99 Å². The van der Waals surface area contributed by atoms with Crippen LogP contribution in [0, 0.1) is 5.92 Å². The Bertz CT molecular complexity index is 273. The molecule has 1 rings (SSSR count). The zero-order valence-corrected chi connectivity index (χ0v) is 11.6. The molecule has 4 nitrogen and oxygen atoms in total. The molecule has 1 fully saturated rings. The van der Waals surface area contributed by atoms with Crippen LogP contribution in [0.15, 0.2) is 0 Å². The van der Waals surface area contributed by atoms with E-state index in [1.165, 1.54) is 0 Å². The lowest BCUT2D eigenvalue weighted by Gasteiger charge is -2.31. The molecule has 0 aromatic heterocycles. The highest BCUT2D eigenvalue weighted by atomic mass is 32.1. The second kappa shape index (κ2) is 6.91. The maximum atomic E-state index is 11.5. The summed E-state index contributed by atoms with van der Waals surface area (Å²) < 4.78 is 0. The predicted octanol–water partition coefficient (Wildman–Crippen LogP) is 0.899. The van der Waals surface area contributed by atoms with E-state index >= 15 is 0 Å². The van der Waals surface area contributed by atoms with E-state index in [0.717, 1.165) is 32.5 Å². The van der Waals surface area contributed by atoms with Crippen molar-refractivity contribution in [1.82, 2.24) is 10.2 Å². The van der Waals surface area contributed by atoms with Crippen molar-refractivity contribution in [2.45, 2.75) is 39.2 Å². The van der Waals surface area contributed by atoms with Crippen molar-refractivity contribution >= 4 is 23.1 Å². The topological polar surface area (TPSA) is 58.4 Å². The van der Waals surface area contributed by atoms with E-state index in [1.54, 1.807) is 0 Å². The summed E-state index contributed by atoms with van der Waals surface area (Å²) in [6, 6.07) is 0.225. The van der Waals surface area contributed by atoms with Gasteiger partial charge in [-0.15, -0.1) is 0 Å². The first kappa shape index (κ1) is 14.4. The molecule has 0 aromatic carbocycles. The minimum Gasteiger partial charge on any atom is -0.393 e. The summed E-state index contributed by atoms with van der Waals surface area (Å²) in [4.78, 5) is 14.4. The first-order valence-corrected chi connectivity index (χ1v) is 6.71. The molecule has 1 saturated heterocycles. The summed E-state index contributed by atoms with van der Waals surface area (Å²) in [7, 11) is 0. The molecule has 1 aliphatic heterocycles. The number of nitrogens with two attached hydrogens (primary N) is 1. The van der Waals surface area contributed by atoms with Crippen LogP contribution in [0.25, 0.3) is 0 Å². The number of hydrogen-bond donors (Lipinski definition) is 2. The predicted molar refractivity (Wildman–Crippen MR) is 73.8 cm³/mol. The van der Waals surface area contributed by atoms with Crippen LogP contribution < -0.4 is 11.1 Å². The molecule has 0 aromatic rings. The highest BCUT2D eigenvalue weighted by Crippen LogP contribution is 2.17. The molecule has 17 heavy (non-hydrogen) atoms. The Balaban J connectivity index is 2.18. The number of carbonyl (C=O) groups excluding carboxylic acids is 1. The van der Waals surface area contributed by atoms with Crippen molar-refractivity contribution < 1.29 is 4.79 Å². The smallest absolute Gasteiger partial charge is 0.221 e. The molecule has 98 valence electrons. The highest BCUT2D eigenvalue weighted by molar-refractivity contribution is 7.80. The van der Waals surface area contributed by atoms with Crippen molar-refractivity contribution in [3.8, 4) is 0 Å². The molecule has 0 aliphatic carbocycles. The molecule has 5 heteroatoms. The number of rotatable bonds is 5. The summed E-state index contributed by atoms with van der Waals surface area (Å²) in [5.41, 5.74) is 5.64. The SMILES string of the molecule is CC(C)NC(=O)CCN1CCC(C(N)=S)CC1. The fourth-order valence-corrected chi connectivity index (χ4v) is 2.33. The largest absolute Gasteiger partial charge is 0.393 e. The van der Waals surface area contributed by atoms with Gasteiger partial charge in [-0.3, -0.25) is 4.79 Å². The Morgan fingerprint density at radius 1 is 1.47 bits per heavy atom. The summed E-state index contributed by atoms with van der Waals surface area (Å²) in [5, 5.41) is 2.90. The fourth-order valence-electron chi connectivity index (χ4n) is 2.09. The monoisotopic (exact) mass is 257 g/mol. The number of amides is 1. The third-order valence-corrected chi connectivity index (χ3v) is 3.43. The van der Waals surface area contributed by atoms with Gasteiger partial charge in [-0.05, 0) is 39.8 Å². The van der Waals surface area contributed by atoms with Gasteiger partial charge in [0, 0.05) is 24.9 Å². The Labute approximate surface area is 109 Å². The third-order valence-electron chi connectivity index (χ3n) is 3.09. The minimum absolute atomic E-state index is 0.136. The number of thiocarbonyl (C=S) groups is 1. The van der Waals surface area contributed by atoms with Crippen molar-refractivity contribution in [3.05, 3.63) is 0 Å². The second-order valence-electron chi connectivity index (χ2n) is 4.99. The first-order valence-electron chi connectivity index (χ1n) is 6.30. The van der Waals surface area contributed by atoms with Gasteiger partial charge in [0.2, 0.25) is 5.91 Å². The Morgan fingerprint density at radius 3 is 2.53 bits per heavy atom. The average molecular weight is 257 g/mol. The molecule has 0 saturated carbocycles. The molecule has 0 bridgehead atoms. The van der Waals surface area contributed by atoms with Crippen LogP contribution in [0.4, 0.5) is 0 Å². The molecular weight excluding hydrogens is 234 g/mol. The van der Waals surface area contributed by atoms with Crippen LogP contribution >= 0.6 is 12.2 Å². The standard InChI is InChI=1S/C12H23N3OS/c1-9(2)14-11(16)5-8-15-6-3-10(4-7-15)12(13)17/h9-10H,3-8H2,1-2H3,(H2,13,17)(H,14,16). The van der Waals surface area contributed by atoms with E-state index in [1.807, 2.05) is 13.8 Å². The number of nitrogens with one attached hydrogen (secondary N) is 1. The lowest BCUT2D eigenvalue weighted by Crippen LogP contribution is -2.40. The van der Waals surface area contributed by atoms with Crippen molar-refractivity contribution in [2.75, 3.05) is 19.6 Å². The van der Waals surface area contributed by atoms with E-state index in [4.69, 9.17) is 18.0 Å². The van der Waals surface area contributed by atoms with E-state index in [-0.39, 0.29) is 11.9 Å². The van der Waals surface area contributed by atoms with E-state index in [9.17, 15) is 4.79 Å². The molecule has 1 heterocycles. The lowest BCUT2D eigenvalue weighted by atomic mass is 9.97. The fraction of sp³-hybridized carbons (Fsp3) is 0.833. The van der Waals surface area contributed by atoms with Gasteiger partial charge >= 0.3 is 0 Å². The highest BCUT2D eigenvalue weighted by Gasteiger charge is 2.21. The molecule has 3 N–H and O–H groups in total. The van der Waals surface area contributed by atoms with Crippen molar-refractivity contribution in [3.63, 3.8) is 0 Å². The summed E-state index contributed by atoms with van der Waals surface area (Å²) in [6.45, 7) is 6.79. The molecule has 1 amide bonds. The van der Waals surface area contributed by atoms with Gasteiger partial charge in [-0.25, -0.2) is 0 Å². The Morgan fingerprint density at radius 2 is 2.06 bits per heavy atom. The quantitative estimate of drug-likeness (QED) is 0.719. The third kappa shape index (κ3) is 5.46. The zero-order chi connectivity index (χ0) is 12.8. The summed E-state index contributed by atoms with van der Waals surface area (Å²) in [5.74, 6) is 0.530. The van der Waals surface area contributed by atoms with Crippen LogP contribution in [0.1, 0.15) is 33.1 Å². The Hall–Kier alpha value is -0.680. The minimum atomic E-state index is 0.136. The normalized spacial score (nSPS) is 18.3. The second-order valence-corrected chi connectivity index (χ2v) is 5.46. The average Bonchev–Trinajstić information content (AvgIpc) is 2.26. The maximum Gasteiger partial charge on any atom is 0.221 e. The van der Waals surface area contributed by atoms with E-state index < -0.39 is 0 Å². The lowest BCUT2D eigenvalue weighted by molar-refractivity contribution is -0.121. The maximum absolute atomic E-state index is 11.5. The first-order chi connectivity index (χ1) is 7.99. The molecule has 0 radical (unpaired) electrons. The van der Waals surface area contributed by atoms with Gasteiger partial charge in [-0.1, -0.05) is 12.2 Å². The number of nitrogens with zero attached hydrogens (tertiary/aromatic N) is 1. The van der Waals surface area contributed by atoms with Gasteiger partial charge in [-0.2, -0.15) is 0 Å². The zero-order valence-electron chi connectivity index (χ0n) is 10.7. The number of piperidine rings is 1. The van der Waals surface area contributed by atoms with Crippen molar-refractivity contribution in [1.29, 1.82) is 0 Å². The van der Waals surface area contributed by atoms with Crippen LogP contribution in [0.5, 0.6) is 0 Å². The van der Waals surface area contributed by atoms with Gasteiger partial charge < -0.3 is 16.0 Å². The van der Waals surface area contributed by atoms with Gasteiger partial charge in [0.1, 0.15) is 0 Å². The number of likely N-dealkylation sites (tertiary alicyclic amines) is 1.